The Morgan fingerprint density at radius 3 is 2.46 bits per heavy atom. The molecule has 0 unspecified atom stereocenters. The molecule has 2 N–H and O–H groups in total. The molecule has 0 saturated heterocycles. The van der Waals surface area contributed by atoms with Crippen LogP contribution in [0, 0.1) is 13.8 Å². The van der Waals surface area contributed by atoms with Crippen LogP contribution in [-0.2, 0) is 0 Å². The van der Waals surface area contributed by atoms with E-state index in [9.17, 15) is 4.79 Å². The van der Waals surface area contributed by atoms with Crippen LogP contribution in [0.4, 0.5) is 0 Å². The van der Waals surface area contributed by atoms with E-state index in [1.807, 2.05) is 26.0 Å². The number of hydrogen-bond donors (Lipinski definition) is 1. The molecule has 0 radical (unpaired) electrons. The molecule has 70 valence electrons. The van der Waals surface area contributed by atoms with E-state index in [1.54, 1.807) is 13.1 Å². The Morgan fingerprint density at radius 2 is 2.00 bits per heavy atom. The van der Waals surface area contributed by atoms with Crippen molar-refractivity contribution in [3.05, 3.63) is 34.9 Å². The zero-order valence-electron chi connectivity index (χ0n) is 8.16. The van der Waals surface area contributed by atoms with Gasteiger partial charge in [-0.1, -0.05) is 17.7 Å². The van der Waals surface area contributed by atoms with E-state index in [-0.39, 0.29) is 5.91 Å². The van der Waals surface area contributed by atoms with E-state index < -0.39 is 0 Å². The minimum absolute atomic E-state index is 0.155. The van der Waals surface area contributed by atoms with Crippen molar-refractivity contribution in [1.29, 1.82) is 0 Å². The Balaban J connectivity index is 3.09. The molecule has 0 saturated carbocycles. The van der Waals surface area contributed by atoms with Gasteiger partial charge in [-0.2, -0.15) is 0 Å². The third-order valence-corrected chi connectivity index (χ3v) is 1.93. The van der Waals surface area contributed by atoms with Gasteiger partial charge in [-0.15, -0.1) is 0 Å². The van der Waals surface area contributed by atoms with Crippen molar-refractivity contribution in [3.8, 4) is 0 Å². The minimum Gasteiger partial charge on any atom is -0.280 e. The quantitative estimate of drug-likeness (QED) is 0.399. The molecule has 0 bridgehead atoms. The summed E-state index contributed by atoms with van der Waals surface area (Å²) < 4.78 is 0. The molecule has 0 aliphatic heterocycles. The topological polar surface area (TPSA) is 46.3 Å². The Labute approximate surface area is 78.1 Å². The number of carbonyl (C=O) groups excluding carboxylic acids is 1. The van der Waals surface area contributed by atoms with Gasteiger partial charge in [-0.25, -0.2) is 5.84 Å². The molecule has 0 heterocycles. The first kappa shape index (κ1) is 9.74. The van der Waals surface area contributed by atoms with Crippen LogP contribution in [0.15, 0.2) is 18.2 Å². The highest BCUT2D eigenvalue weighted by Crippen LogP contribution is 2.11. The number of hydrogen-bond acceptors (Lipinski definition) is 2. The summed E-state index contributed by atoms with van der Waals surface area (Å²) in [5.74, 6) is 5.20. The first-order valence-electron chi connectivity index (χ1n) is 4.12. The molecular weight excluding hydrogens is 164 g/mol. The normalized spacial score (nSPS) is 9.85. The molecule has 0 spiro atoms. The molecule has 3 heteroatoms. The summed E-state index contributed by atoms with van der Waals surface area (Å²) in [5, 5.41) is 1.09. The molecule has 3 nitrogen and oxygen atoms in total. The van der Waals surface area contributed by atoms with Crippen LogP contribution in [0.2, 0.25) is 0 Å². The predicted octanol–water partition coefficient (Wildman–Crippen LogP) is 1.25. The van der Waals surface area contributed by atoms with E-state index in [4.69, 9.17) is 5.84 Å². The summed E-state index contributed by atoms with van der Waals surface area (Å²) in [6.45, 7) is 3.90. The Bertz CT molecular complexity index is 332. The Morgan fingerprint density at radius 1 is 1.38 bits per heavy atom. The van der Waals surface area contributed by atoms with Gasteiger partial charge in [0.25, 0.3) is 5.91 Å². The molecule has 0 aromatic heterocycles. The third kappa shape index (κ3) is 2.06. The lowest BCUT2D eigenvalue weighted by Gasteiger charge is -2.12. The fraction of sp³-hybridized carbons (Fsp3) is 0.300. The van der Waals surface area contributed by atoms with Crippen molar-refractivity contribution >= 4 is 5.91 Å². The molecule has 13 heavy (non-hydrogen) atoms. The van der Waals surface area contributed by atoms with Gasteiger partial charge in [-0.3, -0.25) is 9.80 Å². The summed E-state index contributed by atoms with van der Waals surface area (Å²) in [7, 11) is 1.54. The fourth-order valence-corrected chi connectivity index (χ4v) is 1.24. The van der Waals surface area contributed by atoms with Crippen molar-refractivity contribution in [2.45, 2.75) is 13.8 Å². The number of hydrazine groups is 1. The third-order valence-electron chi connectivity index (χ3n) is 1.93. The van der Waals surface area contributed by atoms with Gasteiger partial charge < -0.3 is 0 Å². The van der Waals surface area contributed by atoms with Crippen LogP contribution >= 0.6 is 0 Å². The minimum atomic E-state index is -0.155. The zero-order valence-corrected chi connectivity index (χ0v) is 8.16. The summed E-state index contributed by atoms with van der Waals surface area (Å²) in [5.41, 5.74) is 2.77. The average molecular weight is 178 g/mol. The second-order valence-corrected chi connectivity index (χ2v) is 3.23. The standard InChI is InChI=1S/C10H14N2O/c1-7-4-5-9(8(2)6-7)10(13)12(3)11/h4-6H,11H2,1-3H3. The highest BCUT2D eigenvalue weighted by atomic mass is 16.2. The largest absolute Gasteiger partial charge is 0.280 e. The maximum atomic E-state index is 11.5. The van der Waals surface area contributed by atoms with Crippen molar-refractivity contribution in [1.82, 2.24) is 5.01 Å². The van der Waals surface area contributed by atoms with E-state index >= 15 is 0 Å². The van der Waals surface area contributed by atoms with Gasteiger partial charge in [0.05, 0.1) is 0 Å². The number of benzene rings is 1. The summed E-state index contributed by atoms with van der Waals surface area (Å²) in [4.78, 5) is 11.5. The fourth-order valence-electron chi connectivity index (χ4n) is 1.24. The lowest BCUT2D eigenvalue weighted by Crippen LogP contribution is -2.33. The van der Waals surface area contributed by atoms with E-state index in [0.29, 0.717) is 5.56 Å². The van der Waals surface area contributed by atoms with Gasteiger partial charge in [0, 0.05) is 12.6 Å². The first-order valence-corrected chi connectivity index (χ1v) is 4.12. The Kier molecular flexibility index (Phi) is 2.68. The lowest BCUT2D eigenvalue weighted by molar-refractivity contribution is 0.0794. The number of rotatable bonds is 1. The molecular formula is C10H14N2O. The second-order valence-electron chi connectivity index (χ2n) is 3.23. The molecule has 0 atom stereocenters. The maximum absolute atomic E-state index is 11.5. The number of carbonyl (C=O) groups is 1. The average Bonchev–Trinajstić information content (AvgIpc) is 2.03. The lowest BCUT2D eigenvalue weighted by atomic mass is 10.1. The van der Waals surface area contributed by atoms with Crippen LogP contribution in [0.3, 0.4) is 0 Å². The van der Waals surface area contributed by atoms with Gasteiger partial charge in [0.1, 0.15) is 0 Å². The van der Waals surface area contributed by atoms with Crippen molar-refractivity contribution in [2.75, 3.05) is 7.05 Å². The van der Waals surface area contributed by atoms with Crippen LogP contribution in [0.1, 0.15) is 21.5 Å². The molecule has 1 aromatic rings. The van der Waals surface area contributed by atoms with Crippen molar-refractivity contribution in [2.24, 2.45) is 5.84 Å². The molecule has 1 amide bonds. The summed E-state index contributed by atoms with van der Waals surface area (Å²) in [6.07, 6.45) is 0. The van der Waals surface area contributed by atoms with Gasteiger partial charge in [-0.05, 0) is 25.5 Å². The molecule has 0 aliphatic rings. The summed E-state index contributed by atoms with van der Waals surface area (Å²) >= 11 is 0. The number of amides is 1. The second kappa shape index (κ2) is 3.58. The summed E-state index contributed by atoms with van der Waals surface area (Å²) in [6, 6.07) is 5.68. The smallest absolute Gasteiger partial charge is 0.267 e. The van der Waals surface area contributed by atoms with Gasteiger partial charge in [0.15, 0.2) is 0 Å². The van der Waals surface area contributed by atoms with Crippen molar-refractivity contribution < 1.29 is 4.79 Å². The molecule has 1 rings (SSSR count). The monoisotopic (exact) mass is 178 g/mol. The van der Waals surface area contributed by atoms with E-state index in [0.717, 1.165) is 16.1 Å². The number of nitrogens with zero attached hydrogens (tertiary/aromatic N) is 1. The van der Waals surface area contributed by atoms with Gasteiger partial charge >= 0.3 is 0 Å². The Hall–Kier alpha value is -1.35. The molecule has 0 aliphatic carbocycles. The van der Waals surface area contributed by atoms with Crippen LogP contribution in [0.5, 0.6) is 0 Å². The molecule has 0 fully saturated rings. The number of nitrogens with two attached hydrogens (primary N) is 1. The van der Waals surface area contributed by atoms with Crippen molar-refractivity contribution in [3.63, 3.8) is 0 Å². The predicted molar refractivity (Wildman–Crippen MR) is 52.2 cm³/mol. The zero-order chi connectivity index (χ0) is 10.0. The highest BCUT2D eigenvalue weighted by molar-refractivity contribution is 5.95. The maximum Gasteiger partial charge on any atom is 0.267 e. The highest BCUT2D eigenvalue weighted by Gasteiger charge is 2.10. The SMILES string of the molecule is Cc1ccc(C(=O)N(C)N)c(C)c1. The van der Waals surface area contributed by atoms with Crippen LogP contribution < -0.4 is 5.84 Å². The van der Waals surface area contributed by atoms with Crippen LogP contribution in [-0.4, -0.2) is 18.0 Å². The first-order chi connectivity index (χ1) is 6.02. The number of aryl methyl sites for hydroxylation is 2. The van der Waals surface area contributed by atoms with E-state index in [2.05, 4.69) is 0 Å². The van der Waals surface area contributed by atoms with E-state index in [1.165, 1.54) is 0 Å². The van der Waals surface area contributed by atoms with Gasteiger partial charge in [0.2, 0.25) is 0 Å². The molecule has 1 aromatic carbocycles. The van der Waals surface area contributed by atoms with Crippen LogP contribution in [0.25, 0.3) is 0 Å².